The molecule has 2 aromatic carbocycles. The minimum atomic E-state index is -0.853. The molecule has 0 aliphatic carbocycles. The Morgan fingerprint density at radius 2 is 1.85 bits per heavy atom. The summed E-state index contributed by atoms with van der Waals surface area (Å²) >= 11 is 6.05. The van der Waals surface area contributed by atoms with E-state index in [1.165, 1.54) is 19.1 Å². The fourth-order valence-corrected chi connectivity index (χ4v) is 4.30. The van der Waals surface area contributed by atoms with Crippen molar-refractivity contribution in [2.75, 3.05) is 34.5 Å². The summed E-state index contributed by atoms with van der Waals surface area (Å²) in [6, 6.07) is 10.8. The summed E-state index contributed by atoms with van der Waals surface area (Å²) < 4.78 is 21.6. The van der Waals surface area contributed by atoms with Crippen LogP contribution in [-0.4, -0.2) is 56.2 Å². The van der Waals surface area contributed by atoms with E-state index < -0.39 is 23.5 Å². The van der Waals surface area contributed by atoms with Crippen LogP contribution in [0.5, 0.6) is 11.5 Å². The summed E-state index contributed by atoms with van der Waals surface area (Å²) in [6.07, 6.45) is 0.518. The Bertz CT molecular complexity index is 1280. The average molecular weight is 486 g/mol. The van der Waals surface area contributed by atoms with Gasteiger partial charge in [-0.3, -0.25) is 9.59 Å². The Morgan fingerprint density at radius 1 is 1.09 bits per heavy atom. The molecule has 0 radical (unpaired) electrons. The fraction of sp³-hybridized carbons (Fsp3) is 0.280. The fourth-order valence-electron chi connectivity index (χ4n) is 4.12. The van der Waals surface area contributed by atoms with E-state index in [-0.39, 0.29) is 17.9 Å². The van der Waals surface area contributed by atoms with Crippen molar-refractivity contribution in [1.29, 1.82) is 0 Å². The molecule has 178 valence electrons. The average Bonchev–Trinajstić information content (AvgIpc) is 3.37. The number of methoxy groups -OCH3 is 3. The number of amides is 1. The van der Waals surface area contributed by atoms with Crippen molar-refractivity contribution in [3.63, 3.8) is 0 Å². The van der Waals surface area contributed by atoms with E-state index in [4.69, 9.17) is 30.2 Å². The quantitative estimate of drug-likeness (QED) is 0.346. The van der Waals surface area contributed by atoms with Gasteiger partial charge in [-0.15, -0.1) is 0 Å². The number of nitrogens with zero attached hydrogens (tertiary/aromatic N) is 1. The molecule has 3 aromatic rings. The molecule has 1 aliphatic rings. The molecule has 1 unspecified atom stereocenters. The third-order valence-electron chi connectivity index (χ3n) is 5.72. The molecule has 1 amide bonds. The lowest BCUT2D eigenvalue weighted by Gasteiger charge is -2.27. The lowest BCUT2D eigenvalue weighted by Crippen LogP contribution is -2.32. The summed E-state index contributed by atoms with van der Waals surface area (Å²) in [5.74, 6) is -0.917. The van der Waals surface area contributed by atoms with Crippen molar-refractivity contribution in [2.24, 2.45) is 0 Å². The van der Waals surface area contributed by atoms with Gasteiger partial charge in [0.05, 0.1) is 25.8 Å². The molecular formula is C25H24ClNO7. The number of aliphatic hydroxyl groups excluding tert-OH is 1. The van der Waals surface area contributed by atoms with Crippen LogP contribution >= 0.6 is 11.6 Å². The smallest absolute Gasteiger partial charge is 0.290 e. The minimum absolute atomic E-state index is 0.00386. The van der Waals surface area contributed by atoms with Gasteiger partial charge in [-0.2, -0.15) is 0 Å². The predicted molar refractivity (Wildman–Crippen MR) is 126 cm³/mol. The van der Waals surface area contributed by atoms with Gasteiger partial charge >= 0.3 is 0 Å². The number of fused-ring (bicyclic) bond motifs is 1. The van der Waals surface area contributed by atoms with Crippen molar-refractivity contribution in [3.05, 3.63) is 70.1 Å². The Morgan fingerprint density at radius 3 is 2.56 bits per heavy atom. The van der Waals surface area contributed by atoms with E-state index in [0.29, 0.717) is 46.1 Å². The molecule has 1 atom stereocenters. The number of halogens is 1. The van der Waals surface area contributed by atoms with Gasteiger partial charge in [0.25, 0.3) is 5.91 Å². The molecule has 0 saturated carbocycles. The van der Waals surface area contributed by atoms with E-state index >= 15 is 0 Å². The third kappa shape index (κ3) is 4.22. The van der Waals surface area contributed by atoms with Gasteiger partial charge in [0, 0.05) is 30.7 Å². The first-order valence-electron chi connectivity index (χ1n) is 10.6. The Hall–Kier alpha value is -3.49. The van der Waals surface area contributed by atoms with Crippen LogP contribution in [0.2, 0.25) is 5.02 Å². The van der Waals surface area contributed by atoms with Gasteiger partial charge in [0.2, 0.25) is 5.78 Å². The summed E-state index contributed by atoms with van der Waals surface area (Å²) in [5.41, 5.74) is 0.978. The molecule has 1 aliphatic heterocycles. The topological polar surface area (TPSA) is 98.4 Å². The maximum atomic E-state index is 13.6. The molecule has 0 spiro atoms. The summed E-state index contributed by atoms with van der Waals surface area (Å²) in [5, 5.41) is 11.9. The highest BCUT2D eigenvalue weighted by Gasteiger charge is 2.44. The molecule has 0 saturated heterocycles. The maximum Gasteiger partial charge on any atom is 0.290 e. The van der Waals surface area contributed by atoms with E-state index in [9.17, 15) is 14.7 Å². The zero-order valence-electron chi connectivity index (χ0n) is 19.0. The van der Waals surface area contributed by atoms with Crippen molar-refractivity contribution in [3.8, 4) is 11.5 Å². The van der Waals surface area contributed by atoms with E-state index in [0.717, 1.165) is 0 Å². The monoisotopic (exact) mass is 485 g/mol. The highest BCUT2D eigenvalue weighted by molar-refractivity contribution is 6.31. The summed E-state index contributed by atoms with van der Waals surface area (Å²) in [4.78, 5) is 28.1. The Labute approximate surface area is 201 Å². The zero-order valence-corrected chi connectivity index (χ0v) is 19.7. The van der Waals surface area contributed by atoms with Crippen LogP contribution < -0.4 is 9.47 Å². The second-order valence-electron chi connectivity index (χ2n) is 7.75. The van der Waals surface area contributed by atoms with Crippen LogP contribution in [0.4, 0.5) is 0 Å². The Balaban J connectivity index is 1.80. The number of benzene rings is 2. The normalized spacial score (nSPS) is 15.9. The number of ether oxygens (including phenoxy) is 3. The lowest BCUT2D eigenvalue weighted by atomic mass is 9.94. The zero-order chi connectivity index (χ0) is 24.4. The van der Waals surface area contributed by atoms with Gasteiger partial charge in [-0.1, -0.05) is 17.7 Å². The summed E-state index contributed by atoms with van der Waals surface area (Å²) in [6.45, 7) is 0.680. The second-order valence-corrected chi connectivity index (χ2v) is 8.18. The summed E-state index contributed by atoms with van der Waals surface area (Å²) in [7, 11) is 4.58. The SMILES string of the molecule is COCCCN1C(=O)C(O)=C(C(=O)c2cc3cc(Cl)ccc3o2)C1c1ccc(OC)c(OC)c1. The van der Waals surface area contributed by atoms with Crippen LogP contribution in [0, 0.1) is 0 Å². The number of ketones is 1. The van der Waals surface area contributed by atoms with Crippen LogP contribution in [0.3, 0.4) is 0 Å². The number of hydrogen-bond donors (Lipinski definition) is 1. The van der Waals surface area contributed by atoms with Gasteiger partial charge in [-0.05, 0) is 48.4 Å². The largest absolute Gasteiger partial charge is 0.503 e. The predicted octanol–water partition coefficient (Wildman–Crippen LogP) is 4.72. The van der Waals surface area contributed by atoms with E-state index in [2.05, 4.69) is 0 Å². The van der Waals surface area contributed by atoms with Crippen molar-refractivity contribution in [2.45, 2.75) is 12.5 Å². The number of carbonyl (C=O) groups is 2. The van der Waals surface area contributed by atoms with Crippen LogP contribution in [0.1, 0.15) is 28.6 Å². The first-order chi connectivity index (χ1) is 16.4. The molecule has 34 heavy (non-hydrogen) atoms. The molecule has 9 heteroatoms. The highest BCUT2D eigenvalue weighted by atomic mass is 35.5. The number of furan rings is 1. The molecular weight excluding hydrogens is 462 g/mol. The molecule has 2 heterocycles. The van der Waals surface area contributed by atoms with Crippen LogP contribution in [0.25, 0.3) is 11.0 Å². The van der Waals surface area contributed by atoms with Crippen molar-refractivity contribution >= 4 is 34.3 Å². The first kappa shape index (κ1) is 23.7. The van der Waals surface area contributed by atoms with Crippen LogP contribution in [-0.2, 0) is 9.53 Å². The molecule has 1 N–H and O–H groups in total. The number of rotatable bonds is 9. The van der Waals surface area contributed by atoms with Crippen LogP contribution in [0.15, 0.2) is 58.2 Å². The molecule has 0 fully saturated rings. The molecule has 0 bridgehead atoms. The first-order valence-corrected chi connectivity index (χ1v) is 11.0. The van der Waals surface area contributed by atoms with Gasteiger partial charge in [-0.25, -0.2) is 0 Å². The molecule has 1 aromatic heterocycles. The number of carbonyl (C=O) groups excluding carboxylic acids is 2. The van der Waals surface area contributed by atoms with Gasteiger partial charge in [0.1, 0.15) is 5.58 Å². The number of hydrogen-bond acceptors (Lipinski definition) is 7. The van der Waals surface area contributed by atoms with E-state index in [1.54, 1.807) is 49.6 Å². The lowest BCUT2D eigenvalue weighted by molar-refractivity contribution is -0.129. The maximum absolute atomic E-state index is 13.6. The van der Waals surface area contributed by atoms with Crippen molar-refractivity contribution in [1.82, 2.24) is 4.90 Å². The Kier molecular flexibility index (Phi) is 6.81. The molecule has 8 nitrogen and oxygen atoms in total. The highest BCUT2D eigenvalue weighted by Crippen LogP contribution is 2.42. The van der Waals surface area contributed by atoms with E-state index in [1.807, 2.05) is 0 Å². The van der Waals surface area contributed by atoms with Gasteiger partial charge in [0.15, 0.2) is 23.0 Å². The second kappa shape index (κ2) is 9.79. The number of aliphatic hydroxyl groups is 1. The minimum Gasteiger partial charge on any atom is -0.503 e. The molecule has 4 rings (SSSR count). The van der Waals surface area contributed by atoms with Gasteiger partial charge < -0.3 is 28.6 Å². The standard InChI is InChI=1S/C25H24ClNO7/c1-31-10-4-9-27-22(14-5-7-18(32-2)19(12-14)33-3)21(24(29)25(27)30)23(28)20-13-15-11-16(26)6-8-17(15)34-20/h5-8,11-13,22,29H,4,9-10H2,1-3H3. The van der Waals surface area contributed by atoms with Crippen molar-refractivity contribution < 1.29 is 33.3 Å². The third-order valence-corrected chi connectivity index (χ3v) is 5.96. The number of Topliss-reactive ketones (excluding diaryl/α,β-unsaturated/α-hetero) is 1.